The number of hydrogen-bond acceptors (Lipinski definition) is 6. The van der Waals surface area contributed by atoms with Gasteiger partial charge in [-0.25, -0.2) is 18.4 Å². The van der Waals surface area contributed by atoms with E-state index in [4.69, 9.17) is 0 Å². The molecule has 0 aliphatic carbocycles. The lowest BCUT2D eigenvalue weighted by molar-refractivity contribution is 0.291. The van der Waals surface area contributed by atoms with E-state index in [0.29, 0.717) is 12.5 Å². The van der Waals surface area contributed by atoms with Crippen molar-refractivity contribution in [2.45, 2.75) is 23.8 Å². The quantitative estimate of drug-likeness (QED) is 0.839. The molecule has 1 saturated heterocycles. The van der Waals surface area contributed by atoms with E-state index < -0.39 is 10.0 Å². The molecule has 1 N–H and O–H groups in total. The maximum Gasteiger partial charge on any atom is 0.246 e. The number of sulfonamides is 1. The van der Waals surface area contributed by atoms with Gasteiger partial charge in [-0.05, 0) is 26.9 Å². The van der Waals surface area contributed by atoms with Crippen molar-refractivity contribution in [3.8, 4) is 0 Å². The molecule has 0 radical (unpaired) electrons. The van der Waals surface area contributed by atoms with Gasteiger partial charge in [0.1, 0.15) is 4.90 Å². The van der Waals surface area contributed by atoms with Gasteiger partial charge in [-0.3, -0.25) is 0 Å². The van der Waals surface area contributed by atoms with Gasteiger partial charge >= 0.3 is 0 Å². The van der Waals surface area contributed by atoms with Gasteiger partial charge in [0.15, 0.2) is 0 Å². The van der Waals surface area contributed by atoms with Gasteiger partial charge in [-0.15, -0.1) is 0 Å². The lowest BCUT2D eigenvalue weighted by Crippen LogP contribution is -2.41. The van der Waals surface area contributed by atoms with Crippen LogP contribution < -0.4 is 5.32 Å². The Balaban J connectivity index is 2.24. The minimum absolute atomic E-state index is 0.0268. The molecule has 1 aliphatic heterocycles. The van der Waals surface area contributed by atoms with E-state index in [1.807, 2.05) is 19.0 Å². The second-order valence-electron chi connectivity index (χ2n) is 5.17. The summed E-state index contributed by atoms with van der Waals surface area (Å²) in [5.41, 5.74) is 0. The average Bonchev–Trinajstić information content (AvgIpc) is 2.87. The zero-order valence-corrected chi connectivity index (χ0v) is 12.9. The molecule has 1 aromatic rings. The summed E-state index contributed by atoms with van der Waals surface area (Å²) < 4.78 is 26.8. The van der Waals surface area contributed by atoms with Crippen LogP contribution >= 0.6 is 0 Å². The van der Waals surface area contributed by atoms with E-state index in [1.54, 1.807) is 11.4 Å². The summed E-state index contributed by atoms with van der Waals surface area (Å²) in [6, 6.07) is 0.0268. The average molecular weight is 299 g/mol. The fourth-order valence-corrected chi connectivity index (χ4v) is 4.02. The lowest BCUT2D eigenvalue weighted by atomic mass is 10.2. The lowest BCUT2D eigenvalue weighted by Gasteiger charge is -2.26. The smallest absolute Gasteiger partial charge is 0.246 e. The fraction of sp³-hybridized carbons (Fsp3) is 0.667. The molecule has 1 fully saturated rings. The van der Waals surface area contributed by atoms with Crippen molar-refractivity contribution in [3.63, 3.8) is 0 Å². The number of nitrogens with zero attached hydrogens (tertiary/aromatic N) is 4. The van der Waals surface area contributed by atoms with E-state index >= 15 is 0 Å². The van der Waals surface area contributed by atoms with Gasteiger partial charge in [-0.2, -0.15) is 4.31 Å². The van der Waals surface area contributed by atoms with Crippen molar-refractivity contribution in [3.05, 3.63) is 12.4 Å². The molecule has 1 unspecified atom stereocenters. The Morgan fingerprint density at radius 2 is 2.05 bits per heavy atom. The van der Waals surface area contributed by atoms with E-state index in [1.165, 1.54) is 12.4 Å². The number of likely N-dealkylation sites (N-methyl/N-ethyl adjacent to an activating group) is 1. The summed E-state index contributed by atoms with van der Waals surface area (Å²) >= 11 is 0. The summed E-state index contributed by atoms with van der Waals surface area (Å²) in [7, 11) is 2.09. The van der Waals surface area contributed by atoms with Crippen LogP contribution in [0.2, 0.25) is 0 Å². The largest absolute Gasteiger partial charge is 0.357 e. The highest BCUT2D eigenvalue weighted by Crippen LogP contribution is 2.25. The molecule has 0 saturated carbocycles. The summed E-state index contributed by atoms with van der Waals surface area (Å²) in [6.07, 6.45) is 4.51. The first-order valence-electron chi connectivity index (χ1n) is 6.61. The molecule has 0 spiro atoms. The number of rotatable bonds is 5. The molecular weight excluding hydrogens is 278 g/mol. The summed E-state index contributed by atoms with van der Waals surface area (Å²) in [5.74, 6) is 0.412. The third kappa shape index (κ3) is 3.08. The van der Waals surface area contributed by atoms with Crippen molar-refractivity contribution in [2.75, 3.05) is 39.5 Å². The molecule has 1 atom stereocenters. The third-order valence-electron chi connectivity index (χ3n) is 3.36. The molecule has 1 aromatic heterocycles. The second kappa shape index (κ2) is 6.02. The van der Waals surface area contributed by atoms with Crippen LogP contribution in [0.15, 0.2) is 17.3 Å². The Labute approximate surface area is 120 Å². The second-order valence-corrected chi connectivity index (χ2v) is 7.06. The van der Waals surface area contributed by atoms with E-state index in [2.05, 4.69) is 15.3 Å². The Morgan fingerprint density at radius 1 is 1.40 bits per heavy atom. The predicted octanol–water partition coefficient (Wildman–Crippen LogP) is 0.233. The Bertz CT molecular complexity index is 543. The number of nitrogens with one attached hydrogen (secondary N) is 1. The molecule has 0 bridgehead atoms. The van der Waals surface area contributed by atoms with E-state index in [-0.39, 0.29) is 10.9 Å². The topological polar surface area (TPSA) is 78.4 Å². The summed E-state index contributed by atoms with van der Waals surface area (Å²) in [5, 5.41) is 2.77. The highest BCUT2D eigenvalue weighted by Gasteiger charge is 2.35. The van der Waals surface area contributed by atoms with Crippen molar-refractivity contribution in [1.29, 1.82) is 0 Å². The summed E-state index contributed by atoms with van der Waals surface area (Å²) in [6.45, 7) is 1.29. The van der Waals surface area contributed by atoms with Gasteiger partial charge in [-0.1, -0.05) is 0 Å². The Kier molecular flexibility index (Phi) is 4.56. The van der Waals surface area contributed by atoms with Crippen LogP contribution in [0.5, 0.6) is 0 Å². The highest BCUT2D eigenvalue weighted by molar-refractivity contribution is 7.89. The molecular formula is C12H21N5O2S. The zero-order chi connectivity index (χ0) is 14.8. The predicted molar refractivity (Wildman–Crippen MR) is 77.0 cm³/mol. The minimum Gasteiger partial charge on any atom is -0.357 e. The van der Waals surface area contributed by atoms with Gasteiger partial charge in [0.25, 0.3) is 0 Å². The van der Waals surface area contributed by atoms with Crippen LogP contribution in [-0.4, -0.2) is 67.9 Å². The molecule has 2 heterocycles. The first-order valence-corrected chi connectivity index (χ1v) is 8.05. The van der Waals surface area contributed by atoms with Crippen LogP contribution in [0.4, 0.5) is 5.95 Å². The third-order valence-corrected chi connectivity index (χ3v) is 5.26. The first-order chi connectivity index (χ1) is 9.45. The fourth-order valence-electron chi connectivity index (χ4n) is 2.44. The molecule has 8 heteroatoms. The summed E-state index contributed by atoms with van der Waals surface area (Å²) in [4.78, 5) is 10.1. The molecule has 2 rings (SSSR count). The number of hydrogen-bond donors (Lipinski definition) is 1. The van der Waals surface area contributed by atoms with Crippen molar-refractivity contribution in [2.24, 2.45) is 0 Å². The zero-order valence-electron chi connectivity index (χ0n) is 12.1. The minimum atomic E-state index is -3.50. The number of aromatic nitrogens is 2. The van der Waals surface area contributed by atoms with Crippen LogP contribution in [0, 0.1) is 0 Å². The molecule has 0 amide bonds. The van der Waals surface area contributed by atoms with Crippen LogP contribution in [0.3, 0.4) is 0 Å². The van der Waals surface area contributed by atoms with Crippen molar-refractivity contribution >= 4 is 16.0 Å². The Morgan fingerprint density at radius 3 is 2.60 bits per heavy atom. The van der Waals surface area contributed by atoms with Crippen LogP contribution in [-0.2, 0) is 10.0 Å². The maximum absolute atomic E-state index is 12.6. The molecule has 20 heavy (non-hydrogen) atoms. The normalized spacial score (nSPS) is 20.5. The Hall–Kier alpha value is -1.25. The molecule has 1 aliphatic rings. The van der Waals surface area contributed by atoms with Gasteiger partial charge in [0.05, 0.1) is 12.4 Å². The van der Waals surface area contributed by atoms with Gasteiger partial charge in [0, 0.05) is 26.2 Å². The molecule has 112 valence electrons. The van der Waals surface area contributed by atoms with Crippen LogP contribution in [0.25, 0.3) is 0 Å². The molecule has 0 aromatic carbocycles. The van der Waals surface area contributed by atoms with Gasteiger partial charge in [0.2, 0.25) is 16.0 Å². The van der Waals surface area contributed by atoms with Crippen molar-refractivity contribution < 1.29 is 8.42 Å². The first kappa shape index (κ1) is 15.1. The van der Waals surface area contributed by atoms with E-state index in [9.17, 15) is 8.42 Å². The monoisotopic (exact) mass is 299 g/mol. The molecule has 7 nitrogen and oxygen atoms in total. The standard InChI is InChI=1S/C12H21N5O2S/c1-13-12-14-7-11(8-15-12)20(18,19)17-6-4-5-10(17)9-16(2)3/h7-8,10H,4-6,9H2,1-3H3,(H,13,14,15). The van der Waals surface area contributed by atoms with Crippen LogP contribution in [0.1, 0.15) is 12.8 Å². The number of anilines is 1. The van der Waals surface area contributed by atoms with Crippen molar-refractivity contribution in [1.82, 2.24) is 19.2 Å². The SMILES string of the molecule is CNc1ncc(S(=O)(=O)N2CCCC2CN(C)C)cn1. The van der Waals surface area contributed by atoms with Gasteiger partial charge < -0.3 is 10.2 Å². The maximum atomic E-state index is 12.6. The highest BCUT2D eigenvalue weighted by atomic mass is 32.2. The van der Waals surface area contributed by atoms with E-state index in [0.717, 1.165) is 19.4 Å².